The predicted molar refractivity (Wildman–Crippen MR) is 249 cm³/mol. The maximum Gasteiger partial charge on any atom is 0.296 e. The number of allylic oxidation sites excluding steroid dienone is 2. The van der Waals surface area contributed by atoms with Crippen LogP contribution >= 0.6 is 63.7 Å². The van der Waals surface area contributed by atoms with Crippen molar-refractivity contribution >= 4 is 154 Å². The smallest absolute Gasteiger partial charge is 0.296 e. The summed E-state index contributed by atoms with van der Waals surface area (Å²) in [6.07, 6.45) is 2.12. The highest BCUT2D eigenvalue weighted by Gasteiger charge is 2.34. The zero-order chi connectivity index (χ0) is 44.7. The minimum absolute atomic E-state index is 0.0543. The number of carbonyl (C=O) groups excluding carboxylic acids is 4. The van der Waals surface area contributed by atoms with Crippen molar-refractivity contribution in [3.05, 3.63) is 158 Å². The van der Waals surface area contributed by atoms with Gasteiger partial charge in [0.2, 0.25) is 11.6 Å². The molecule has 0 aliphatic heterocycles. The van der Waals surface area contributed by atoms with Crippen molar-refractivity contribution in [2.24, 2.45) is 10.2 Å². The molecule has 2 amide bonds. The van der Waals surface area contributed by atoms with E-state index in [-0.39, 0.29) is 44.8 Å². The second kappa shape index (κ2) is 17.7. The number of nitrogens with one attached hydrogen (secondary N) is 4. The minimum Gasteiger partial charge on any atom is -0.322 e. The molecule has 0 fully saturated rings. The number of carbonyl (C=O) groups is 4. The lowest BCUT2D eigenvalue weighted by Crippen LogP contribution is -2.27. The van der Waals surface area contributed by atoms with E-state index in [1.54, 1.807) is 36.4 Å². The monoisotopic (exact) mass is 1130 g/mol. The first-order valence-electron chi connectivity index (χ1n) is 17.3. The summed E-state index contributed by atoms with van der Waals surface area (Å²) in [5.74, 6) is -2.84. The number of nitrogens with zero attached hydrogens (tertiary/aromatic N) is 2. The molecule has 62 heavy (non-hydrogen) atoms. The zero-order valence-corrected chi connectivity index (χ0v) is 38.8. The Balaban J connectivity index is 1.04. The number of hydrogen-bond acceptors (Lipinski definition) is 12. The summed E-state index contributed by atoms with van der Waals surface area (Å²) in [5, 5.41) is 13.3. The first kappa shape index (κ1) is 44.6. The Labute approximate surface area is 385 Å². The van der Waals surface area contributed by atoms with Gasteiger partial charge in [-0.05, 0) is 152 Å². The molecule has 5 aromatic rings. The summed E-state index contributed by atoms with van der Waals surface area (Å²) in [6, 6.07) is 23.8. The maximum atomic E-state index is 13.4. The van der Waals surface area contributed by atoms with E-state index < -0.39 is 64.9 Å². The molecular formula is C40H24Br4N6O10S2. The average molecular weight is 1130 g/mol. The average Bonchev–Trinajstić information content (AvgIpc) is 3.20. The third kappa shape index (κ3) is 9.76. The van der Waals surface area contributed by atoms with Crippen LogP contribution in [0.5, 0.6) is 0 Å². The molecule has 0 heterocycles. The van der Waals surface area contributed by atoms with Gasteiger partial charge in [-0.1, -0.05) is 31.9 Å². The van der Waals surface area contributed by atoms with Gasteiger partial charge in [-0.2, -0.15) is 27.0 Å². The number of ketones is 2. The van der Waals surface area contributed by atoms with Gasteiger partial charge in [0.15, 0.2) is 11.4 Å². The lowest BCUT2D eigenvalue weighted by Gasteiger charge is -2.18. The fraction of sp³-hybridized carbons (Fsp3) is 0. The highest BCUT2D eigenvalue weighted by molar-refractivity contribution is 9.11. The molecule has 0 spiro atoms. The van der Waals surface area contributed by atoms with Crippen molar-refractivity contribution in [3.8, 4) is 0 Å². The van der Waals surface area contributed by atoms with Crippen molar-refractivity contribution in [2.75, 3.05) is 21.5 Å². The second-order valence-corrected chi connectivity index (χ2v) is 19.4. The van der Waals surface area contributed by atoms with E-state index in [0.29, 0.717) is 20.3 Å². The molecule has 0 saturated carbocycles. The largest absolute Gasteiger partial charge is 0.322 e. The molecule has 0 atom stereocenters. The Bertz CT molecular complexity index is 2940. The SMILES string of the molecule is O=C(Nc1ccc2c(c1)C=C(S(=O)(=O)O)/C(=N/Nc1ccc(Br)cc1Br)C2=O)c1ccc(C(=O)Nc2ccc3c(c2)C=C(S(=O)(=O)O)/C(=N/Nc2ccc(Br)cc2Br)C3=O)cc1. The Morgan fingerprint density at radius 3 is 1.23 bits per heavy atom. The van der Waals surface area contributed by atoms with Crippen molar-refractivity contribution in [1.29, 1.82) is 0 Å². The Morgan fingerprint density at radius 1 is 0.516 bits per heavy atom. The van der Waals surface area contributed by atoms with Crippen LogP contribution in [0.1, 0.15) is 52.6 Å². The molecular weight excluding hydrogens is 1110 g/mol. The Kier molecular flexibility index (Phi) is 12.7. The van der Waals surface area contributed by atoms with Crippen LogP contribution < -0.4 is 21.5 Å². The van der Waals surface area contributed by atoms with Crippen LogP contribution in [0.2, 0.25) is 0 Å². The van der Waals surface area contributed by atoms with Gasteiger partial charge in [0.05, 0.1) is 11.4 Å². The number of rotatable bonds is 10. The number of fused-ring (bicyclic) bond motifs is 2. The zero-order valence-electron chi connectivity index (χ0n) is 30.8. The van der Waals surface area contributed by atoms with Gasteiger partial charge in [-0.25, -0.2) is 0 Å². The van der Waals surface area contributed by atoms with Crippen LogP contribution in [-0.2, 0) is 20.2 Å². The van der Waals surface area contributed by atoms with Crippen LogP contribution in [0.25, 0.3) is 12.2 Å². The number of Topliss-reactive ketones (excluding diaryl/α,β-unsaturated/α-hetero) is 2. The van der Waals surface area contributed by atoms with Gasteiger partial charge in [-0.15, -0.1) is 0 Å². The summed E-state index contributed by atoms with van der Waals surface area (Å²) < 4.78 is 72.0. The molecule has 0 unspecified atom stereocenters. The number of benzene rings is 5. The van der Waals surface area contributed by atoms with Crippen molar-refractivity contribution in [2.45, 2.75) is 0 Å². The first-order chi connectivity index (χ1) is 29.3. The van der Waals surface area contributed by atoms with Crippen molar-refractivity contribution in [3.63, 3.8) is 0 Å². The lowest BCUT2D eigenvalue weighted by molar-refractivity contribution is 0.101. The topological polar surface area (TPSA) is 250 Å². The molecule has 5 aromatic carbocycles. The quantitative estimate of drug-likeness (QED) is 0.0566. The van der Waals surface area contributed by atoms with Crippen LogP contribution in [0.15, 0.2) is 135 Å². The number of halogens is 4. The van der Waals surface area contributed by atoms with E-state index in [9.17, 15) is 45.1 Å². The molecule has 314 valence electrons. The molecule has 6 N–H and O–H groups in total. The second-order valence-electron chi connectivity index (χ2n) is 13.1. The molecule has 2 aliphatic carbocycles. The van der Waals surface area contributed by atoms with Gasteiger partial charge < -0.3 is 10.6 Å². The van der Waals surface area contributed by atoms with E-state index >= 15 is 0 Å². The lowest BCUT2D eigenvalue weighted by atomic mass is 9.94. The minimum atomic E-state index is -4.94. The van der Waals surface area contributed by atoms with Crippen LogP contribution in [0, 0.1) is 0 Å². The number of hydrogen-bond donors (Lipinski definition) is 6. The van der Waals surface area contributed by atoms with Gasteiger partial charge in [0.25, 0.3) is 32.1 Å². The molecule has 16 nitrogen and oxygen atoms in total. The molecule has 0 aromatic heterocycles. The summed E-state index contributed by atoms with van der Waals surface area (Å²) in [7, 11) is -9.87. The Hall–Kier alpha value is -5.46. The predicted octanol–water partition coefficient (Wildman–Crippen LogP) is 9.03. The van der Waals surface area contributed by atoms with Crippen LogP contribution in [0.3, 0.4) is 0 Å². The van der Waals surface area contributed by atoms with E-state index in [2.05, 4.69) is 95.4 Å². The van der Waals surface area contributed by atoms with E-state index in [0.717, 1.165) is 21.1 Å². The summed E-state index contributed by atoms with van der Waals surface area (Å²) >= 11 is 13.3. The number of hydrazone groups is 2. The van der Waals surface area contributed by atoms with Crippen molar-refractivity contribution < 1.29 is 45.1 Å². The fourth-order valence-electron chi connectivity index (χ4n) is 6.01. The van der Waals surface area contributed by atoms with Crippen LogP contribution in [-0.4, -0.2) is 60.7 Å². The molecule has 0 saturated heterocycles. The standard InChI is InChI=1S/C40H24Br4N6O10S2/c41-23-5-11-31(29(43)17-23)47-49-35-33(61(55,56)57)15-21-13-25(7-9-27(21)37(35)51)45-39(53)19-1-2-20(4-3-19)40(54)46-26-8-10-28-22(14-26)16-34(62(58,59)60)36(38(28)52)50-48-32-12-6-24(42)18-30(32)44/h1-18,47-48H,(H,45,53)(H,46,54)(H,55,56,57)(H,58,59,60)/b49-35-,50-36-. The maximum absolute atomic E-state index is 13.4. The highest BCUT2D eigenvalue weighted by atomic mass is 79.9. The van der Waals surface area contributed by atoms with Crippen molar-refractivity contribution in [1.82, 2.24) is 0 Å². The van der Waals surface area contributed by atoms with Gasteiger partial charge in [0, 0.05) is 51.5 Å². The summed E-state index contributed by atoms with van der Waals surface area (Å²) in [6.45, 7) is 0. The Morgan fingerprint density at radius 2 is 0.887 bits per heavy atom. The van der Waals surface area contributed by atoms with E-state index in [4.69, 9.17) is 0 Å². The van der Waals surface area contributed by atoms with Gasteiger partial charge in [0.1, 0.15) is 9.81 Å². The summed E-state index contributed by atoms with van der Waals surface area (Å²) in [5.41, 5.74) is 5.86. The molecule has 2 aliphatic rings. The van der Waals surface area contributed by atoms with Gasteiger partial charge in [-0.3, -0.25) is 39.1 Å². The summed E-state index contributed by atoms with van der Waals surface area (Å²) in [4.78, 5) is 51.8. The normalized spacial score (nSPS) is 15.0. The third-order valence-electron chi connectivity index (χ3n) is 8.98. The first-order valence-corrected chi connectivity index (χ1v) is 23.4. The van der Waals surface area contributed by atoms with E-state index in [1.165, 1.54) is 60.7 Å². The molecule has 7 rings (SSSR count). The van der Waals surface area contributed by atoms with Crippen LogP contribution in [0.4, 0.5) is 22.7 Å². The number of anilines is 4. The highest BCUT2D eigenvalue weighted by Crippen LogP contribution is 2.32. The third-order valence-corrected chi connectivity index (χ3v) is 13.0. The molecule has 22 heteroatoms. The van der Waals surface area contributed by atoms with E-state index in [1.807, 2.05) is 0 Å². The molecule has 0 bridgehead atoms. The molecule has 0 radical (unpaired) electrons. The van der Waals surface area contributed by atoms with Gasteiger partial charge >= 0.3 is 0 Å². The fourth-order valence-corrected chi connectivity index (χ4v) is 9.60. The number of amides is 2.